The Bertz CT molecular complexity index is 561. The lowest BCUT2D eigenvalue weighted by Gasteiger charge is -2.07. The second kappa shape index (κ2) is 4.55. The van der Waals surface area contributed by atoms with Gasteiger partial charge in [-0.05, 0) is 41.5 Å². The van der Waals surface area contributed by atoms with Crippen LogP contribution in [-0.2, 0) is 4.74 Å². The van der Waals surface area contributed by atoms with Crippen molar-refractivity contribution < 1.29 is 9.53 Å². The van der Waals surface area contributed by atoms with Gasteiger partial charge in [-0.2, -0.15) is 0 Å². The number of nitrogens with two attached hydrogens (primary N) is 1. The van der Waals surface area contributed by atoms with Crippen molar-refractivity contribution in [1.82, 2.24) is 0 Å². The Kier molecular flexibility index (Phi) is 3.11. The molecule has 0 radical (unpaired) electrons. The highest BCUT2D eigenvalue weighted by atomic mass is 16.5. The van der Waals surface area contributed by atoms with Crippen molar-refractivity contribution >= 4 is 16.7 Å². The summed E-state index contributed by atoms with van der Waals surface area (Å²) in [6.07, 6.45) is 0. The van der Waals surface area contributed by atoms with Crippen LogP contribution in [0.15, 0.2) is 36.4 Å². The number of fused-ring (bicyclic) bond motifs is 1. The van der Waals surface area contributed by atoms with Crippen LogP contribution in [0.1, 0.15) is 28.9 Å². The predicted molar refractivity (Wildman–Crippen MR) is 67.9 cm³/mol. The zero-order chi connectivity index (χ0) is 12.4. The van der Waals surface area contributed by atoms with Gasteiger partial charge in [0, 0.05) is 6.04 Å². The van der Waals surface area contributed by atoms with E-state index in [9.17, 15) is 4.79 Å². The van der Waals surface area contributed by atoms with E-state index in [-0.39, 0.29) is 12.0 Å². The van der Waals surface area contributed by atoms with Gasteiger partial charge in [-0.1, -0.05) is 18.2 Å². The van der Waals surface area contributed by atoms with Crippen molar-refractivity contribution in [2.24, 2.45) is 5.73 Å². The quantitative estimate of drug-likeness (QED) is 0.805. The van der Waals surface area contributed by atoms with Gasteiger partial charge >= 0.3 is 5.97 Å². The van der Waals surface area contributed by atoms with Gasteiger partial charge in [0.15, 0.2) is 0 Å². The molecule has 0 aliphatic heterocycles. The lowest BCUT2D eigenvalue weighted by Crippen LogP contribution is -2.04. The minimum atomic E-state index is -0.317. The van der Waals surface area contributed by atoms with E-state index in [0.29, 0.717) is 5.56 Å². The summed E-state index contributed by atoms with van der Waals surface area (Å²) in [4.78, 5) is 11.4. The third-order valence-corrected chi connectivity index (χ3v) is 2.81. The molecular formula is C14H15NO2. The van der Waals surface area contributed by atoms with Gasteiger partial charge in [0.25, 0.3) is 0 Å². The Hall–Kier alpha value is -1.87. The van der Waals surface area contributed by atoms with Crippen LogP contribution in [0.2, 0.25) is 0 Å². The summed E-state index contributed by atoms with van der Waals surface area (Å²) in [5, 5.41) is 2.09. The summed E-state index contributed by atoms with van der Waals surface area (Å²) in [6, 6.07) is 11.5. The van der Waals surface area contributed by atoms with E-state index < -0.39 is 0 Å². The summed E-state index contributed by atoms with van der Waals surface area (Å²) in [7, 11) is 1.38. The third-order valence-electron chi connectivity index (χ3n) is 2.81. The Labute approximate surface area is 100 Å². The molecule has 0 spiro atoms. The summed E-state index contributed by atoms with van der Waals surface area (Å²) in [6.45, 7) is 1.95. The van der Waals surface area contributed by atoms with Crippen molar-refractivity contribution in [2.45, 2.75) is 13.0 Å². The molecule has 17 heavy (non-hydrogen) atoms. The van der Waals surface area contributed by atoms with Gasteiger partial charge in [-0.25, -0.2) is 4.79 Å². The first-order valence-corrected chi connectivity index (χ1v) is 5.49. The minimum Gasteiger partial charge on any atom is -0.465 e. The highest BCUT2D eigenvalue weighted by molar-refractivity contribution is 5.95. The number of benzene rings is 2. The van der Waals surface area contributed by atoms with Crippen LogP contribution in [0.25, 0.3) is 10.8 Å². The number of esters is 1. The molecular weight excluding hydrogens is 214 g/mol. The van der Waals surface area contributed by atoms with Crippen molar-refractivity contribution in [1.29, 1.82) is 0 Å². The van der Waals surface area contributed by atoms with Gasteiger partial charge in [-0.3, -0.25) is 0 Å². The van der Waals surface area contributed by atoms with Gasteiger partial charge in [-0.15, -0.1) is 0 Å². The third kappa shape index (κ3) is 2.29. The summed E-state index contributed by atoms with van der Waals surface area (Å²) in [5.41, 5.74) is 7.48. The normalized spacial score (nSPS) is 12.4. The molecule has 0 heterocycles. The Morgan fingerprint density at radius 1 is 1.18 bits per heavy atom. The smallest absolute Gasteiger partial charge is 0.337 e. The summed E-state index contributed by atoms with van der Waals surface area (Å²) < 4.78 is 4.69. The SMILES string of the molecule is COC(=O)c1ccc2cc([C@@H](C)N)ccc2c1. The standard InChI is InChI=1S/C14H15NO2/c1-9(15)10-3-4-12-8-13(14(16)17-2)6-5-11(12)7-10/h3-9H,15H2,1-2H3/t9-/m1/s1. The number of hydrogen-bond acceptors (Lipinski definition) is 3. The van der Waals surface area contributed by atoms with Crippen LogP contribution in [0.5, 0.6) is 0 Å². The van der Waals surface area contributed by atoms with E-state index in [4.69, 9.17) is 5.73 Å². The Morgan fingerprint density at radius 3 is 2.47 bits per heavy atom. The van der Waals surface area contributed by atoms with E-state index in [0.717, 1.165) is 16.3 Å². The molecule has 0 fully saturated rings. The number of carbonyl (C=O) groups is 1. The van der Waals surface area contributed by atoms with E-state index in [1.54, 1.807) is 6.07 Å². The summed E-state index contributed by atoms with van der Waals surface area (Å²) in [5.74, 6) is -0.317. The van der Waals surface area contributed by atoms with E-state index in [1.807, 2.05) is 37.3 Å². The highest BCUT2D eigenvalue weighted by Crippen LogP contribution is 2.21. The van der Waals surface area contributed by atoms with Crippen LogP contribution in [0, 0.1) is 0 Å². The van der Waals surface area contributed by atoms with E-state index in [2.05, 4.69) is 4.74 Å². The van der Waals surface area contributed by atoms with Crippen LogP contribution in [0.3, 0.4) is 0 Å². The molecule has 0 aliphatic carbocycles. The molecule has 88 valence electrons. The fourth-order valence-corrected chi connectivity index (χ4v) is 1.79. The molecule has 3 heteroatoms. The van der Waals surface area contributed by atoms with Crippen molar-refractivity contribution in [3.05, 3.63) is 47.5 Å². The monoisotopic (exact) mass is 229 g/mol. The first-order chi connectivity index (χ1) is 8.11. The second-order valence-electron chi connectivity index (χ2n) is 4.10. The zero-order valence-corrected chi connectivity index (χ0v) is 9.94. The largest absolute Gasteiger partial charge is 0.465 e. The molecule has 1 atom stereocenters. The molecule has 0 aromatic heterocycles. The first-order valence-electron chi connectivity index (χ1n) is 5.49. The molecule has 0 saturated heterocycles. The average molecular weight is 229 g/mol. The number of hydrogen-bond donors (Lipinski definition) is 1. The molecule has 2 aromatic carbocycles. The molecule has 0 saturated carbocycles. The van der Waals surface area contributed by atoms with Crippen LogP contribution in [-0.4, -0.2) is 13.1 Å². The van der Waals surface area contributed by atoms with Crippen LogP contribution >= 0.6 is 0 Å². The van der Waals surface area contributed by atoms with E-state index in [1.165, 1.54) is 7.11 Å². The fraction of sp³-hybridized carbons (Fsp3) is 0.214. The fourth-order valence-electron chi connectivity index (χ4n) is 1.79. The lowest BCUT2D eigenvalue weighted by molar-refractivity contribution is 0.0601. The topological polar surface area (TPSA) is 52.3 Å². The number of carbonyl (C=O) groups excluding carboxylic acids is 1. The maximum Gasteiger partial charge on any atom is 0.337 e. The molecule has 0 bridgehead atoms. The highest BCUT2D eigenvalue weighted by Gasteiger charge is 2.06. The number of ether oxygens (including phenoxy) is 1. The van der Waals surface area contributed by atoms with Gasteiger partial charge in [0.05, 0.1) is 12.7 Å². The molecule has 2 N–H and O–H groups in total. The van der Waals surface area contributed by atoms with Gasteiger partial charge < -0.3 is 10.5 Å². The molecule has 0 unspecified atom stereocenters. The minimum absolute atomic E-state index is 0.0136. The Balaban J connectivity index is 2.50. The second-order valence-corrected chi connectivity index (χ2v) is 4.10. The number of rotatable bonds is 2. The van der Waals surface area contributed by atoms with Crippen molar-refractivity contribution in [2.75, 3.05) is 7.11 Å². The van der Waals surface area contributed by atoms with Gasteiger partial charge in [0.2, 0.25) is 0 Å². The molecule has 0 amide bonds. The molecule has 2 rings (SSSR count). The number of methoxy groups -OCH3 is 1. The van der Waals surface area contributed by atoms with E-state index >= 15 is 0 Å². The van der Waals surface area contributed by atoms with Crippen molar-refractivity contribution in [3.8, 4) is 0 Å². The lowest BCUT2D eigenvalue weighted by atomic mass is 10.0. The Morgan fingerprint density at radius 2 is 1.82 bits per heavy atom. The van der Waals surface area contributed by atoms with Crippen LogP contribution in [0.4, 0.5) is 0 Å². The maximum atomic E-state index is 11.4. The molecule has 3 nitrogen and oxygen atoms in total. The molecule has 2 aromatic rings. The van der Waals surface area contributed by atoms with Gasteiger partial charge in [0.1, 0.15) is 0 Å². The average Bonchev–Trinajstić information content (AvgIpc) is 2.36. The summed E-state index contributed by atoms with van der Waals surface area (Å²) >= 11 is 0. The van der Waals surface area contributed by atoms with Crippen LogP contribution < -0.4 is 5.73 Å². The maximum absolute atomic E-state index is 11.4. The molecule has 0 aliphatic rings. The zero-order valence-electron chi connectivity index (χ0n) is 9.94. The first kappa shape index (κ1) is 11.6. The predicted octanol–water partition coefficient (Wildman–Crippen LogP) is 2.65. The van der Waals surface area contributed by atoms with Crippen molar-refractivity contribution in [3.63, 3.8) is 0 Å².